The summed E-state index contributed by atoms with van der Waals surface area (Å²) in [6.07, 6.45) is 0. The average molecular weight is 484 g/mol. The molecule has 0 radical (unpaired) electrons. The fourth-order valence-electron chi connectivity index (χ4n) is 2.77. The number of halogens is 1. The Balaban J connectivity index is 0.00000312. The Morgan fingerprint density at radius 2 is 1.88 bits per heavy atom. The van der Waals surface area contributed by atoms with Crippen LogP contribution in [0.25, 0.3) is 0 Å². The topological polar surface area (TPSA) is 91.6 Å². The smallest absolute Gasteiger partial charge is 0.191 e. The summed E-state index contributed by atoms with van der Waals surface area (Å²) < 4.78 is 24.7. The van der Waals surface area contributed by atoms with Gasteiger partial charge >= 0.3 is 0 Å². The molecule has 0 bridgehead atoms. The monoisotopic (exact) mass is 484 g/mol. The van der Waals surface area contributed by atoms with Gasteiger partial charge < -0.3 is 10.6 Å². The van der Waals surface area contributed by atoms with E-state index < -0.39 is 9.84 Å². The lowest BCUT2D eigenvalue weighted by Crippen LogP contribution is -2.45. The number of aromatic nitrogens is 2. The largest absolute Gasteiger partial charge is 0.355 e. The van der Waals surface area contributed by atoms with Crippen molar-refractivity contribution >= 4 is 39.8 Å². The van der Waals surface area contributed by atoms with Crippen molar-refractivity contribution in [3.63, 3.8) is 0 Å². The summed E-state index contributed by atoms with van der Waals surface area (Å²) in [4.78, 5) is 6.39. The highest BCUT2D eigenvalue weighted by molar-refractivity contribution is 14.0. The van der Waals surface area contributed by atoms with Crippen molar-refractivity contribution in [1.82, 2.24) is 25.3 Å². The second kappa shape index (κ2) is 9.72. The first-order valence-electron chi connectivity index (χ1n) is 8.19. The molecule has 1 fully saturated rings. The lowest BCUT2D eigenvalue weighted by atomic mass is 10.2. The van der Waals surface area contributed by atoms with Crippen LogP contribution in [0.1, 0.15) is 17.0 Å². The van der Waals surface area contributed by atoms with Crippen LogP contribution in [-0.4, -0.2) is 73.8 Å². The maximum absolute atomic E-state index is 11.4. The van der Waals surface area contributed by atoms with Crippen LogP contribution in [0, 0.1) is 13.8 Å². The van der Waals surface area contributed by atoms with E-state index in [0.717, 1.165) is 30.4 Å². The van der Waals surface area contributed by atoms with Crippen LogP contribution in [0.3, 0.4) is 0 Å². The van der Waals surface area contributed by atoms with Crippen molar-refractivity contribution in [3.8, 4) is 0 Å². The molecule has 8 nitrogen and oxygen atoms in total. The number of hydrogen-bond donors (Lipinski definition) is 2. The van der Waals surface area contributed by atoms with E-state index in [-0.39, 0.29) is 35.5 Å². The van der Waals surface area contributed by atoms with Crippen molar-refractivity contribution in [3.05, 3.63) is 17.0 Å². The minimum atomic E-state index is -2.81. The van der Waals surface area contributed by atoms with Crippen LogP contribution in [-0.2, 0) is 23.4 Å². The molecule has 1 aromatic heterocycles. The molecule has 0 atom stereocenters. The molecule has 0 amide bonds. The molecule has 2 N–H and O–H groups in total. The summed E-state index contributed by atoms with van der Waals surface area (Å²) in [5.41, 5.74) is 3.35. The standard InChI is InChI=1S/C15H28N6O2S.HI/c1-12-14(13(2)20(4)19-12)11-18-15(16-3)17-5-6-21-7-9-24(22,23)10-8-21;/h5-11H2,1-4H3,(H2,16,17,18);1H. The first kappa shape index (κ1) is 22.2. The molecule has 2 rings (SSSR count). The lowest BCUT2D eigenvalue weighted by molar-refractivity contribution is 0.299. The van der Waals surface area contributed by atoms with E-state index in [1.165, 1.54) is 5.56 Å². The van der Waals surface area contributed by atoms with Crippen LogP contribution >= 0.6 is 24.0 Å². The lowest BCUT2D eigenvalue weighted by Gasteiger charge is -2.26. The van der Waals surface area contributed by atoms with Crippen molar-refractivity contribution in [1.29, 1.82) is 0 Å². The second-order valence-electron chi connectivity index (χ2n) is 6.12. The molecule has 0 saturated carbocycles. The Morgan fingerprint density at radius 3 is 2.40 bits per heavy atom. The number of nitrogens with zero attached hydrogens (tertiary/aromatic N) is 4. The van der Waals surface area contributed by atoms with Gasteiger partial charge in [0.05, 0.1) is 17.2 Å². The zero-order valence-electron chi connectivity index (χ0n) is 15.4. The molecule has 0 aromatic carbocycles. The van der Waals surface area contributed by atoms with Gasteiger partial charge in [0.25, 0.3) is 0 Å². The molecule has 0 spiro atoms. The van der Waals surface area contributed by atoms with Gasteiger partial charge in [0.2, 0.25) is 0 Å². The Kier molecular flexibility index (Phi) is 8.61. The number of aliphatic imine (C=N–C) groups is 1. The minimum Gasteiger partial charge on any atom is -0.355 e. The van der Waals surface area contributed by atoms with E-state index in [1.807, 2.05) is 18.7 Å². The van der Waals surface area contributed by atoms with Crippen LogP contribution in [0.15, 0.2) is 4.99 Å². The van der Waals surface area contributed by atoms with E-state index >= 15 is 0 Å². The highest BCUT2D eigenvalue weighted by Gasteiger charge is 2.20. The number of nitrogens with one attached hydrogen (secondary N) is 2. The van der Waals surface area contributed by atoms with Crippen LogP contribution < -0.4 is 10.6 Å². The summed E-state index contributed by atoms with van der Waals surface area (Å²) in [5.74, 6) is 1.27. The first-order valence-corrected chi connectivity index (χ1v) is 10.0. The van der Waals surface area contributed by atoms with Gasteiger partial charge in [-0.3, -0.25) is 14.6 Å². The fourth-order valence-corrected chi connectivity index (χ4v) is 4.05. The SMILES string of the molecule is CN=C(NCCN1CCS(=O)(=O)CC1)NCc1c(C)nn(C)c1C.I. The summed E-state index contributed by atoms with van der Waals surface area (Å²) in [5, 5.41) is 11.0. The van der Waals surface area contributed by atoms with Gasteiger partial charge in [-0.1, -0.05) is 0 Å². The molecular weight excluding hydrogens is 455 g/mol. The number of hydrogen-bond acceptors (Lipinski definition) is 5. The third-order valence-corrected chi connectivity index (χ3v) is 6.08. The van der Waals surface area contributed by atoms with Crippen LogP contribution in [0.5, 0.6) is 0 Å². The van der Waals surface area contributed by atoms with Gasteiger partial charge in [0.1, 0.15) is 0 Å². The zero-order chi connectivity index (χ0) is 17.7. The number of guanidine groups is 1. The number of rotatable bonds is 5. The van der Waals surface area contributed by atoms with Crippen molar-refractivity contribution < 1.29 is 8.42 Å². The molecule has 10 heteroatoms. The Hall–Kier alpha value is -0.880. The van der Waals surface area contributed by atoms with Crippen molar-refractivity contribution in [2.24, 2.45) is 12.0 Å². The highest BCUT2D eigenvalue weighted by Crippen LogP contribution is 2.11. The summed E-state index contributed by atoms with van der Waals surface area (Å²) in [7, 11) is 0.871. The molecule has 1 saturated heterocycles. The fraction of sp³-hybridized carbons (Fsp3) is 0.733. The average Bonchev–Trinajstić information content (AvgIpc) is 2.77. The Bertz CT molecular complexity index is 687. The van der Waals surface area contributed by atoms with E-state index in [2.05, 4.69) is 32.5 Å². The summed E-state index contributed by atoms with van der Waals surface area (Å²) in [6, 6.07) is 0. The summed E-state index contributed by atoms with van der Waals surface area (Å²) in [6.45, 7) is 7.50. The van der Waals surface area contributed by atoms with Gasteiger partial charge in [-0.25, -0.2) is 8.42 Å². The van der Waals surface area contributed by atoms with Gasteiger partial charge in [0, 0.05) is 58.1 Å². The normalized spacial score (nSPS) is 17.8. The molecule has 1 aliphatic rings. The molecule has 25 heavy (non-hydrogen) atoms. The van der Waals surface area contributed by atoms with E-state index in [9.17, 15) is 8.42 Å². The second-order valence-corrected chi connectivity index (χ2v) is 8.42. The zero-order valence-corrected chi connectivity index (χ0v) is 18.5. The molecule has 1 aliphatic heterocycles. The predicted molar refractivity (Wildman–Crippen MR) is 111 cm³/mol. The third-order valence-electron chi connectivity index (χ3n) is 4.47. The first-order chi connectivity index (χ1) is 11.3. The van der Waals surface area contributed by atoms with Crippen molar-refractivity contribution in [2.75, 3.05) is 44.7 Å². The minimum absolute atomic E-state index is 0. The van der Waals surface area contributed by atoms with Gasteiger partial charge in [0.15, 0.2) is 15.8 Å². The molecule has 0 aliphatic carbocycles. The Labute approximate surface area is 167 Å². The van der Waals surface area contributed by atoms with E-state index in [1.54, 1.807) is 7.05 Å². The maximum Gasteiger partial charge on any atom is 0.191 e. The van der Waals surface area contributed by atoms with Crippen LogP contribution in [0.2, 0.25) is 0 Å². The van der Waals surface area contributed by atoms with E-state index in [0.29, 0.717) is 19.6 Å². The molecule has 1 aromatic rings. The molecule has 0 unspecified atom stereocenters. The number of aryl methyl sites for hydroxylation is 2. The molecule has 144 valence electrons. The van der Waals surface area contributed by atoms with Gasteiger partial charge in [-0.05, 0) is 13.8 Å². The quantitative estimate of drug-likeness (QED) is 0.349. The van der Waals surface area contributed by atoms with Gasteiger partial charge in [-0.2, -0.15) is 5.10 Å². The number of sulfone groups is 1. The van der Waals surface area contributed by atoms with Crippen molar-refractivity contribution in [2.45, 2.75) is 20.4 Å². The van der Waals surface area contributed by atoms with Gasteiger partial charge in [-0.15, -0.1) is 24.0 Å². The predicted octanol–water partition coefficient (Wildman–Crippen LogP) is 0.0503. The highest BCUT2D eigenvalue weighted by atomic mass is 127. The molecule has 2 heterocycles. The maximum atomic E-state index is 11.4. The van der Waals surface area contributed by atoms with E-state index in [4.69, 9.17) is 0 Å². The Morgan fingerprint density at radius 1 is 1.24 bits per heavy atom. The summed E-state index contributed by atoms with van der Waals surface area (Å²) >= 11 is 0. The van der Waals surface area contributed by atoms with Crippen LogP contribution in [0.4, 0.5) is 0 Å². The third kappa shape index (κ3) is 6.41. The molecular formula is C15H29IN6O2S.